The average molecular weight is 548 g/mol. The highest BCUT2D eigenvalue weighted by atomic mass is 16.1. The van der Waals surface area contributed by atoms with Gasteiger partial charge in [0.2, 0.25) is 0 Å². The molecular weight excluding hydrogens is 514 g/mol. The second kappa shape index (κ2) is 10.8. The molecule has 1 aromatic carbocycles. The van der Waals surface area contributed by atoms with E-state index in [4.69, 9.17) is 0 Å². The van der Waals surface area contributed by atoms with E-state index in [9.17, 15) is 15.3 Å². The van der Waals surface area contributed by atoms with Gasteiger partial charge in [0, 0.05) is 38.4 Å². The van der Waals surface area contributed by atoms with E-state index < -0.39 is 5.41 Å². The van der Waals surface area contributed by atoms with Crippen molar-refractivity contribution in [2.24, 2.45) is 18.9 Å². The second-order valence-corrected chi connectivity index (χ2v) is 11.7. The van der Waals surface area contributed by atoms with Crippen LogP contribution in [0.2, 0.25) is 0 Å². The summed E-state index contributed by atoms with van der Waals surface area (Å²) >= 11 is 0. The van der Waals surface area contributed by atoms with Crippen LogP contribution in [0.5, 0.6) is 0 Å². The lowest BCUT2D eigenvalue weighted by molar-refractivity contribution is 0.102. The number of carbonyl (C=O) groups is 1. The minimum absolute atomic E-state index is 0.235. The van der Waals surface area contributed by atoms with Crippen molar-refractivity contribution in [3.05, 3.63) is 71.1 Å². The average Bonchev–Trinajstić information content (AvgIpc) is 3.59. The summed E-state index contributed by atoms with van der Waals surface area (Å²) < 4.78 is 1.89. The van der Waals surface area contributed by atoms with Crippen LogP contribution in [0, 0.1) is 34.5 Å². The van der Waals surface area contributed by atoms with Crippen LogP contribution in [0.15, 0.2) is 42.9 Å². The van der Waals surface area contributed by atoms with Crippen molar-refractivity contribution in [1.82, 2.24) is 29.6 Å². The number of aryl methyl sites for hydroxylation is 1. The van der Waals surface area contributed by atoms with Crippen LogP contribution in [-0.2, 0) is 19.0 Å². The third kappa shape index (κ3) is 5.07. The Kier molecular flexibility index (Phi) is 7.02. The molecule has 10 nitrogen and oxygen atoms in total. The molecule has 3 aromatic heterocycles. The van der Waals surface area contributed by atoms with Crippen LogP contribution in [0.4, 0.5) is 5.69 Å². The Morgan fingerprint density at radius 3 is 2.83 bits per heavy atom. The van der Waals surface area contributed by atoms with Gasteiger partial charge in [-0.25, -0.2) is 4.98 Å². The first kappa shape index (κ1) is 26.7. The fraction of sp³-hybridized carbons (Fsp3) is 0.419. The van der Waals surface area contributed by atoms with Crippen molar-refractivity contribution in [3.8, 4) is 12.1 Å². The summed E-state index contributed by atoms with van der Waals surface area (Å²) in [5.74, 6) is 1.35. The molecule has 4 aromatic rings. The normalized spacial score (nSPS) is 22.5. The number of hydrogen-bond donors (Lipinski definition) is 2. The third-order valence-electron chi connectivity index (χ3n) is 8.63. The number of nitriles is 2. The molecule has 1 amide bonds. The first-order chi connectivity index (χ1) is 19.9. The first-order valence-electron chi connectivity index (χ1n) is 14.2. The maximum atomic E-state index is 13.6. The molecule has 1 aliphatic heterocycles. The van der Waals surface area contributed by atoms with E-state index in [2.05, 4.69) is 49.4 Å². The first-order valence-corrected chi connectivity index (χ1v) is 14.2. The zero-order valence-electron chi connectivity index (χ0n) is 23.4. The number of anilines is 1. The van der Waals surface area contributed by atoms with Crippen LogP contribution in [0.25, 0.3) is 11.0 Å². The van der Waals surface area contributed by atoms with Crippen molar-refractivity contribution in [1.29, 1.82) is 10.5 Å². The maximum absolute atomic E-state index is 13.6. The molecule has 1 atom stereocenters. The molecule has 0 bridgehead atoms. The second-order valence-electron chi connectivity index (χ2n) is 11.7. The van der Waals surface area contributed by atoms with Gasteiger partial charge < -0.3 is 14.9 Å². The largest absolute Gasteiger partial charge is 0.360 e. The van der Waals surface area contributed by atoms with Crippen molar-refractivity contribution in [2.75, 3.05) is 18.4 Å². The van der Waals surface area contributed by atoms with Crippen LogP contribution in [0.1, 0.15) is 72.0 Å². The number of carbonyl (C=O) groups excluding carboxylic acids is 1. The van der Waals surface area contributed by atoms with E-state index in [1.165, 1.54) is 12.8 Å². The number of aromatic amines is 1. The van der Waals surface area contributed by atoms with E-state index in [-0.39, 0.29) is 11.8 Å². The van der Waals surface area contributed by atoms with Gasteiger partial charge in [-0.15, -0.1) is 10.2 Å². The number of nitrogens with zero attached hydrogens (tertiary/aromatic N) is 7. The molecule has 6 rings (SSSR count). The number of aromatic nitrogens is 5. The van der Waals surface area contributed by atoms with Gasteiger partial charge in [-0.2, -0.15) is 10.5 Å². The van der Waals surface area contributed by atoms with Crippen LogP contribution >= 0.6 is 0 Å². The number of benzene rings is 1. The smallest absolute Gasteiger partial charge is 0.274 e. The standard InChI is InChI=1S/C31H33N9O/c1-20-4-3-9-40(17-20)18-23-12-27(37-26-6-8-34-28(23)26)29(41)36-25-11-22(16-33)10-24(13-25)31(14-21(15-31)5-7-32)30-38-35-19-39(30)2/h6,8,10-13,19-21,34H,3-5,9,14-15,17-18H2,1-2H3,(H,36,41)/t20-,21?,31?/m0/s1. The van der Waals surface area contributed by atoms with Gasteiger partial charge in [0.25, 0.3) is 5.91 Å². The minimum Gasteiger partial charge on any atom is -0.360 e. The number of hydrogen-bond acceptors (Lipinski definition) is 7. The van der Waals surface area contributed by atoms with Crippen LogP contribution < -0.4 is 5.32 Å². The van der Waals surface area contributed by atoms with Gasteiger partial charge >= 0.3 is 0 Å². The zero-order valence-corrected chi connectivity index (χ0v) is 23.4. The lowest BCUT2D eigenvalue weighted by atomic mass is 9.57. The minimum atomic E-state index is -0.486. The summed E-state index contributed by atoms with van der Waals surface area (Å²) in [6.07, 6.45) is 7.86. The van der Waals surface area contributed by atoms with Crippen LogP contribution in [0.3, 0.4) is 0 Å². The fourth-order valence-electron chi connectivity index (χ4n) is 6.72. The predicted octanol–water partition coefficient (Wildman–Crippen LogP) is 4.66. The Morgan fingerprint density at radius 2 is 2.10 bits per heavy atom. The van der Waals surface area contributed by atoms with Crippen molar-refractivity contribution in [3.63, 3.8) is 0 Å². The van der Waals surface area contributed by atoms with Gasteiger partial charge in [0.05, 0.1) is 34.2 Å². The molecule has 10 heteroatoms. The van der Waals surface area contributed by atoms with E-state index in [1.807, 2.05) is 42.1 Å². The van der Waals surface area contributed by atoms with E-state index in [0.717, 1.165) is 60.5 Å². The molecule has 208 valence electrons. The van der Waals surface area contributed by atoms with Gasteiger partial charge in [0.15, 0.2) is 0 Å². The number of pyridine rings is 1. The molecule has 0 unspecified atom stereocenters. The Morgan fingerprint density at radius 1 is 1.24 bits per heavy atom. The monoisotopic (exact) mass is 547 g/mol. The highest BCUT2D eigenvalue weighted by Crippen LogP contribution is 2.53. The number of fused-ring (bicyclic) bond motifs is 1. The molecule has 2 aliphatic rings. The quantitative estimate of drug-likeness (QED) is 0.343. The van der Waals surface area contributed by atoms with Crippen molar-refractivity contribution >= 4 is 22.6 Å². The van der Waals surface area contributed by atoms with Gasteiger partial charge in [0.1, 0.15) is 17.8 Å². The van der Waals surface area contributed by atoms with E-state index in [1.54, 1.807) is 12.4 Å². The molecule has 41 heavy (non-hydrogen) atoms. The molecule has 0 radical (unpaired) electrons. The van der Waals surface area contributed by atoms with E-state index in [0.29, 0.717) is 29.3 Å². The SMILES string of the molecule is C[C@H]1CCCN(Cc2cc(C(=O)Nc3cc(C#N)cc(C4(c5nncn5C)CC(CC#N)C4)c3)nc3cc[nH]c23)C1. The number of nitrogens with one attached hydrogen (secondary N) is 2. The highest BCUT2D eigenvalue weighted by Gasteiger charge is 2.50. The third-order valence-corrected chi connectivity index (χ3v) is 8.63. The van der Waals surface area contributed by atoms with Gasteiger partial charge in [-0.1, -0.05) is 6.92 Å². The Bertz CT molecular complexity index is 1680. The topological polar surface area (TPSA) is 139 Å². The maximum Gasteiger partial charge on any atom is 0.274 e. The lowest BCUT2D eigenvalue weighted by Crippen LogP contribution is -2.44. The summed E-state index contributed by atoms with van der Waals surface area (Å²) in [5.41, 5.74) is 4.45. The summed E-state index contributed by atoms with van der Waals surface area (Å²) in [6, 6.07) is 13.7. The number of piperidine rings is 1. The van der Waals surface area contributed by atoms with Crippen molar-refractivity contribution in [2.45, 2.75) is 51.0 Å². The molecule has 1 aliphatic carbocycles. The highest BCUT2D eigenvalue weighted by molar-refractivity contribution is 6.04. The number of H-pyrrole nitrogens is 1. The molecule has 2 N–H and O–H groups in total. The molecule has 1 saturated heterocycles. The van der Waals surface area contributed by atoms with Gasteiger partial charge in [-0.05, 0) is 85.5 Å². The Balaban J connectivity index is 1.31. The van der Waals surface area contributed by atoms with Crippen LogP contribution in [-0.4, -0.2) is 48.6 Å². The number of rotatable bonds is 7. The predicted molar refractivity (Wildman–Crippen MR) is 154 cm³/mol. The lowest BCUT2D eigenvalue weighted by Gasteiger charge is -2.46. The molecule has 1 saturated carbocycles. The van der Waals surface area contributed by atoms with Crippen molar-refractivity contribution < 1.29 is 4.79 Å². The molecule has 2 fully saturated rings. The zero-order chi connectivity index (χ0) is 28.6. The van der Waals surface area contributed by atoms with Gasteiger partial charge in [-0.3, -0.25) is 9.69 Å². The molecular formula is C31H33N9O. The summed E-state index contributed by atoms with van der Waals surface area (Å²) in [4.78, 5) is 24.0. The number of likely N-dealkylation sites (tertiary alicyclic amines) is 1. The summed E-state index contributed by atoms with van der Waals surface area (Å²) in [7, 11) is 1.90. The molecule has 0 spiro atoms. The number of amides is 1. The Hall–Kier alpha value is -4.54. The van der Waals surface area contributed by atoms with E-state index >= 15 is 0 Å². The fourth-order valence-corrected chi connectivity index (χ4v) is 6.72. The summed E-state index contributed by atoms with van der Waals surface area (Å²) in [6.45, 7) is 5.12. The molecule has 4 heterocycles. The Labute approximate surface area is 239 Å². The summed E-state index contributed by atoms with van der Waals surface area (Å²) in [5, 5.41) is 30.6.